The third-order valence-corrected chi connectivity index (χ3v) is 5.87. The van der Waals surface area contributed by atoms with Crippen molar-refractivity contribution in [3.05, 3.63) is 35.4 Å². The van der Waals surface area contributed by atoms with Crippen molar-refractivity contribution >= 4 is 11.8 Å². The lowest BCUT2D eigenvalue weighted by molar-refractivity contribution is -0.146. The van der Waals surface area contributed by atoms with Crippen LogP contribution in [0.15, 0.2) is 24.3 Å². The van der Waals surface area contributed by atoms with Gasteiger partial charge in [-0.25, -0.2) is 0 Å². The zero-order valence-corrected chi connectivity index (χ0v) is 17.9. The summed E-state index contributed by atoms with van der Waals surface area (Å²) in [5.74, 6) is 0.359. The number of likely N-dealkylation sites (tertiary alicyclic amines) is 1. The lowest BCUT2D eigenvalue weighted by atomic mass is 9.90. The number of rotatable bonds is 3. The molecule has 0 bridgehead atoms. The van der Waals surface area contributed by atoms with Crippen molar-refractivity contribution in [3.8, 4) is 0 Å². The van der Waals surface area contributed by atoms with Gasteiger partial charge < -0.3 is 9.80 Å². The first-order valence-corrected chi connectivity index (χ1v) is 10.6. The molecule has 2 saturated heterocycles. The van der Waals surface area contributed by atoms with Gasteiger partial charge in [0.1, 0.15) is 0 Å². The standard InChI is InChI=1S/C23H35N3O2/c1-18-7-5-8-19(15-18)16-24-11-13-25(14-12-24)21(27)20-9-6-10-26(17-20)22(28)23(2,3)4/h5,7-8,15,20H,6,9-14,16-17H2,1-4H3. The Morgan fingerprint density at radius 1 is 1.04 bits per heavy atom. The number of nitrogens with zero attached hydrogens (tertiary/aromatic N) is 3. The summed E-state index contributed by atoms with van der Waals surface area (Å²) < 4.78 is 0. The Morgan fingerprint density at radius 2 is 1.75 bits per heavy atom. The minimum absolute atomic E-state index is 0.0385. The van der Waals surface area contributed by atoms with E-state index in [1.54, 1.807) is 0 Å². The maximum Gasteiger partial charge on any atom is 0.227 e. The minimum atomic E-state index is -0.383. The normalized spacial score (nSPS) is 21.6. The van der Waals surface area contributed by atoms with E-state index < -0.39 is 0 Å². The summed E-state index contributed by atoms with van der Waals surface area (Å²) in [6.45, 7) is 13.7. The summed E-state index contributed by atoms with van der Waals surface area (Å²) >= 11 is 0. The highest BCUT2D eigenvalue weighted by Gasteiger charge is 2.35. The van der Waals surface area contributed by atoms with Crippen molar-refractivity contribution in [2.24, 2.45) is 11.3 Å². The van der Waals surface area contributed by atoms with Gasteiger partial charge in [-0.15, -0.1) is 0 Å². The van der Waals surface area contributed by atoms with Crippen LogP contribution in [0.3, 0.4) is 0 Å². The van der Waals surface area contributed by atoms with Crippen LogP contribution in [-0.2, 0) is 16.1 Å². The molecule has 0 N–H and O–H groups in total. The summed E-state index contributed by atoms with van der Waals surface area (Å²) in [6, 6.07) is 8.64. The highest BCUT2D eigenvalue weighted by Crippen LogP contribution is 2.25. The molecule has 1 aromatic carbocycles. The van der Waals surface area contributed by atoms with Gasteiger partial charge in [-0.3, -0.25) is 14.5 Å². The topological polar surface area (TPSA) is 43.9 Å². The van der Waals surface area contributed by atoms with Crippen molar-refractivity contribution in [3.63, 3.8) is 0 Å². The molecular weight excluding hydrogens is 350 g/mol. The van der Waals surface area contributed by atoms with Gasteiger partial charge in [-0.1, -0.05) is 50.6 Å². The quantitative estimate of drug-likeness (QED) is 0.804. The summed E-state index contributed by atoms with van der Waals surface area (Å²) in [5, 5.41) is 0. The summed E-state index contributed by atoms with van der Waals surface area (Å²) in [6.07, 6.45) is 1.82. The fraction of sp³-hybridized carbons (Fsp3) is 0.652. The van der Waals surface area contributed by atoms with Crippen molar-refractivity contribution < 1.29 is 9.59 Å². The molecule has 2 heterocycles. The van der Waals surface area contributed by atoms with Gasteiger partial charge in [0.05, 0.1) is 5.92 Å². The van der Waals surface area contributed by atoms with E-state index >= 15 is 0 Å². The molecule has 0 saturated carbocycles. The van der Waals surface area contributed by atoms with Crippen LogP contribution in [0.2, 0.25) is 0 Å². The third-order valence-electron chi connectivity index (χ3n) is 5.87. The van der Waals surface area contributed by atoms with Gasteiger partial charge in [0.25, 0.3) is 0 Å². The van der Waals surface area contributed by atoms with Crippen LogP contribution in [0.4, 0.5) is 0 Å². The highest BCUT2D eigenvalue weighted by atomic mass is 16.2. The molecule has 3 rings (SSSR count). The SMILES string of the molecule is Cc1cccc(CN2CCN(C(=O)C3CCCN(C(=O)C(C)(C)C)C3)CC2)c1. The molecule has 5 nitrogen and oxygen atoms in total. The minimum Gasteiger partial charge on any atom is -0.341 e. The zero-order valence-electron chi connectivity index (χ0n) is 17.9. The molecule has 5 heteroatoms. The van der Waals surface area contributed by atoms with Gasteiger partial charge in [-0.2, -0.15) is 0 Å². The van der Waals surface area contributed by atoms with Gasteiger partial charge >= 0.3 is 0 Å². The van der Waals surface area contributed by atoms with Crippen LogP contribution in [0.25, 0.3) is 0 Å². The largest absolute Gasteiger partial charge is 0.341 e. The Balaban J connectivity index is 1.51. The van der Waals surface area contributed by atoms with Gasteiger partial charge in [0, 0.05) is 51.2 Å². The van der Waals surface area contributed by atoms with Crippen LogP contribution in [0, 0.1) is 18.3 Å². The van der Waals surface area contributed by atoms with Crippen LogP contribution in [-0.4, -0.2) is 65.8 Å². The number of benzene rings is 1. The number of hydrogen-bond donors (Lipinski definition) is 0. The molecule has 2 amide bonds. The Labute approximate surface area is 169 Å². The van der Waals surface area contributed by atoms with E-state index in [-0.39, 0.29) is 23.1 Å². The molecular formula is C23H35N3O2. The summed E-state index contributed by atoms with van der Waals surface area (Å²) in [4.78, 5) is 32.0. The van der Waals surface area contributed by atoms with E-state index in [1.807, 2.05) is 30.6 Å². The molecule has 2 aliphatic rings. The Morgan fingerprint density at radius 3 is 2.39 bits per heavy atom. The average molecular weight is 386 g/mol. The average Bonchev–Trinajstić information content (AvgIpc) is 2.67. The van der Waals surface area contributed by atoms with Crippen molar-refractivity contribution in [1.29, 1.82) is 0 Å². The second-order valence-electron chi connectivity index (χ2n) is 9.43. The van der Waals surface area contributed by atoms with E-state index in [4.69, 9.17) is 0 Å². The lowest BCUT2D eigenvalue weighted by Crippen LogP contribution is -2.53. The number of carbonyl (C=O) groups is 2. The molecule has 1 aromatic rings. The number of amides is 2. The monoisotopic (exact) mass is 385 g/mol. The first-order valence-electron chi connectivity index (χ1n) is 10.6. The predicted molar refractivity (Wildman–Crippen MR) is 112 cm³/mol. The van der Waals surface area contributed by atoms with Gasteiger partial charge in [0.2, 0.25) is 11.8 Å². The second-order valence-corrected chi connectivity index (χ2v) is 9.43. The maximum absolute atomic E-state index is 13.1. The highest BCUT2D eigenvalue weighted by molar-refractivity contribution is 5.84. The number of piperidine rings is 1. The first kappa shape index (κ1) is 20.8. The van der Waals surface area contributed by atoms with Crippen molar-refractivity contribution in [1.82, 2.24) is 14.7 Å². The molecule has 1 atom stereocenters. The van der Waals surface area contributed by atoms with Gasteiger partial charge in [0.15, 0.2) is 0 Å². The Kier molecular flexibility index (Phi) is 6.43. The zero-order chi connectivity index (χ0) is 20.3. The molecule has 0 aromatic heterocycles. The fourth-order valence-electron chi connectivity index (χ4n) is 4.29. The summed E-state index contributed by atoms with van der Waals surface area (Å²) in [7, 11) is 0. The molecule has 0 radical (unpaired) electrons. The smallest absolute Gasteiger partial charge is 0.227 e. The molecule has 2 fully saturated rings. The number of piperazine rings is 1. The van der Waals surface area contributed by atoms with Crippen LogP contribution in [0.1, 0.15) is 44.7 Å². The van der Waals surface area contributed by atoms with E-state index in [2.05, 4.69) is 36.1 Å². The Hall–Kier alpha value is -1.88. The third kappa shape index (κ3) is 5.13. The second kappa shape index (κ2) is 8.64. The predicted octanol–water partition coefficient (Wildman–Crippen LogP) is 2.92. The Bertz CT molecular complexity index is 702. The van der Waals surface area contributed by atoms with Crippen LogP contribution < -0.4 is 0 Å². The first-order chi connectivity index (χ1) is 13.2. The van der Waals surface area contributed by atoms with Crippen LogP contribution >= 0.6 is 0 Å². The van der Waals surface area contributed by atoms with Crippen molar-refractivity contribution in [2.45, 2.75) is 47.1 Å². The fourth-order valence-corrected chi connectivity index (χ4v) is 4.29. The van der Waals surface area contributed by atoms with E-state index in [9.17, 15) is 9.59 Å². The molecule has 28 heavy (non-hydrogen) atoms. The molecule has 154 valence electrons. The van der Waals surface area contributed by atoms with Gasteiger partial charge in [-0.05, 0) is 25.3 Å². The molecule has 0 aliphatic carbocycles. The number of carbonyl (C=O) groups excluding carboxylic acids is 2. The van der Waals surface area contributed by atoms with Crippen LogP contribution in [0.5, 0.6) is 0 Å². The molecule has 2 aliphatic heterocycles. The maximum atomic E-state index is 13.1. The molecule has 0 spiro atoms. The van der Waals surface area contributed by atoms with Crippen molar-refractivity contribution in [2.75, 3.05) is 39.3 Å². The number of aryl methyl sites for hydroxylation is 1. The van der Waals surface area contributed by atoms with E-state index in [1.165, 1.54) is 11.1 Å². The number of hydrogen-bond acceptors (Lipinski definition) is 3. The summed E-state index contributed by atoms with van der Waals surface area (Å²) in [5.41, 5.74) is 2.24. The molecule has 1 unspecified atom stereocenters. The van der Waals surface area contributed by atoms with E-state index in [0.29, 0.717) is 6.54 Å². The van der Waals surface area contributed by atoms with E-state index in [0.717, 1.165) is 52.1 Å². The lowest BCUT2D eigenvalue weighted by Gasteiger charge is -2.40.